The molecule has 1 aromatic heterocycles. The summed E-state index contributed by atoms with van der Waals surface area (Å²) in [5.41, 5.74) is 1.69. The second kappa shape index (κ2) is 8.06. The van der Waals surface area contributed by atoms with E-state index in [0.717, 1.165) is 50.1 Å². The molecule has 0 saturated carbocycles. The van der Waals surface area contributed by atoms with E-state index in [0.29, 0.717) is 24.6 Å². The third-order valence-corrected chi connectivity index (χ3v) is 4.86. The van der Waals surface area contributed by atoms with Crippen molar-refractivity contribution < 1.29 is 13.5 Å². The highest BCUT2D eigenvalue weighted by Crippen LogP contribution is 2.22. The molecule has 2 aromatic rings. The fourth-order valence-electron chi connectivity index (χ4n) is 3.60. The summed E-state index contributed by atoms with van der Waals surface area (Å²) in [5, 5.41) is 0. The molecule has 1 fully saturated rings. The summed E-state index contributed by atoms with van der Waals surface area (Å²) in [6.45, 7) is 5.83. The quantitative estimate of drug-likeness (QED) is 0.799. The summed E-state index contributed by atoms with van der Waals surface area (Å²) in [4.78, 5) is 6.67. The molecule has 1 unspecified atom stereocenters. The first-order chi connectivity index (χ1) is 12.1. The smallest absolute Gasteiger partial charge is 0.134 e. The summed E-state index contributed by atoms with van der Waals surface area (Å²) < 4.78 is 34.4. The van der Waals surface area contributed by atoms with Gasteiger partial charge < -0.3 is 9.30 Å². The predicted octanol–water partition coefficient (Wildman–Crippen LogP) is 3.53. The highest BCUT2D eigenvalue weighted by Gasteiger charge is 2.22. The molecule has 6 heteroatoms. The lowest BCUT2D eigenvalue weighted by Gasteiger charge is -2.33. The van der Waals surface area contributed by atoms with Crippen molar-refractivity contribution >= 4 is 0 Å². The highest BCUT2D eigenvalue weighted by atomic mass is 19.1. The van der Waals surface area contributed by atoms with Crippen LogP contribution >= 0.6 is 0 Å². The Balaban J connectivity index is 1.64. The molecule has 4 nitrogen and oxygen atoms in total. The lowest BCUT2D eigenvalue weighted by molar-refractivity contribution is 0.146. The number of nitrogens with zero attached hydrogens (tertiary/aromatic N) is 3. The van der Waals surface area contributed by atoms with Gasteiger partial charge in [0, 0.05) is 50.3 Å². The van der Waals surface area contributed by atoms with E-state index in [1.807, 2.05) is 6.20 Å². The van der Waals surface area contributed by atoms with E-state index in [-0.39, 0.29) is 0 Å². The normalized spacial score (nSPS) is 18.6. The number of methoxy groups -OCH3 is 1. The molecule has 1 aromatic carbocycles. The van der Waals surface area contributed by atoms with Gasteiger partial charge in [0.25, 0.3) is 0 Å². The second-order valence-corrected chi connectivity index (χ2v) is 6.84. The van der Waals surface area contributed by atoms with E-state index in [2.05, 4.69) is 21.4 Å². The summed E-state index contributed by atoms with van der Waals surface area (Å²) in [6.07, 6.45) is 4.11. The molecule has 1 atom stereocenters. The zero-order chi connectivity index (χ0) is 17.8. The van der Waals surface area contributed by atoms with Gasteiger partial charge in [-0.05, 0) is 38.3 Å². The van der Waals surface area contributed by atoms with Gasteiger partial charge in [-0.1, -0.05) is 6.07 Å². The van der Waals surface area contributed by atoms with Crippen LogP contribution in [0.5, 0.6) is 0 Å². The first kappa shape index (κ1) is 18.0. The lowest BCUT2D eigenvalue weighted by Crippen LogP contribution is -2.37. The van der Waals surface area contributed by atoms with Gasteiger partial charge in [0.2, 0.25) is 0 Å². The Morgan fingerprint density at radius 3 is 2.92 bits per heavy atom. The van der Waals surface area contributed by atoms with Crippen molar-refractivity contribution in [2.45, 2.75) is 39.5 Å². The number of ether oxygens (including phenoxy) is 1. The van der Waals surface area contributed by atoms with E-state index in [1.165, 1.54) is 6.07 Å². The van der Waals surface area contributed by atoms with E-state index in [4.69, 9.17) is 4.74 Å². The Morgan fingerprint density at radius 2 is 2.16 bits per heavy atom. The van der Waals surface area contributed by atoms with Gasteiger partial charge in [-0.2, -0.15) is 0 Å². The molecule has 0 amide bonds. The number of hydrogen-bond acceptors (Lipinski definition) is 3. The number of likely N-dealkylation sites (tertiary alicyclic amines) is 1. The predicted molar refractivity (Wildman–Crippen MR) is 92.0 cm³/mol. The van der Waals surface area contributed by atoms with Crippen LogP contribution in [0, 0.1) is 24.5 Å². The van der Waals surface area contributed by atoms with Crippen LogP contribution in [0.15, 0.2) is 24.4 Å². The van der Waals surface area contributed by atoms with Gasteiger partial charge in [0.05, 0.1) is 0 Å². The SMILES string of the molecule is COCc1ncc(C)n1CC1CCCN(Cc2ccc(F)cc2F)C1. The van der Waals surface area contributed by atoms with Crippen LogP contribution in [0.4, 0.5) is 8.78 Å². The number of hydrogen-bond donors (Lipinski definition) is 0. The fraction of sp³-hybridized carbons (Fsp3) is 0.526. The van der Waals surface area contributed by atoms with Gasteiger partial charge in [0.15, 0.2) is 0 Å². The molecule has 0 bridgehead atoms. The van der Waals surface area contributed by atoms with E-state index < -0.39 is 11.6 Å². The van der Waals surface area contributed by atoms with Crippen LogP contribution in [0.1, 0.15) is 29.9 Å². The minimum Gasteiger partial charge on any atom is -0.377 e. The summed E-state index contributed by atoms with van der Waals surface area (Å²) in [7, 11) is 1.67. The van der Waals surface area contributed by atoms with Crippen LogP contribution in [-0.4, -0.2) is 34.7 Å². The van der Waals surface area contributed by atoms with Crippen molar-refractivity contribution in [3.05, 3.63) is 53.1 Å². The second-order valence-electron chi connectivity index (χ2n) is 6.84. The molecular weight excluding hydrogens is 324 g/mol. The summed E-state index contributed by atoms with van der Waals surface area (Å²) in [5.74, 6) is 0.441. The molecule has 2 heterocycles. The molecule has 1 saturated heterocycles. The number of imidazole rings is 1. The Bertz CT molecular complexity index is 717. The van der Waals surface area contributed by atoms with Crippen molar-refractivity contribution in [1.82, 2.24) is 14.5 Å². The molecule has 0 aliphatic carbocycles. The van der Waals surface area contributed by atoms with E-state index in [9.17, 15) is 8.78 Å². The van der Waals surface area contributed by atoms with Crippen LogP contribution in [0.2, 0.25) is 0 Å². The summed E-state index contributed by atoms with van der Waals surface area (Å²) in [6, 6.07) is 3.83. The number of aryl methyl sites for hydroxylation is 1. The molecule has 1 aliphatic heterocycles. The van der Waals surface area contributed by atoms with Crippen LogP contribution in [0.25, 0.3) is 0 Å². The molecule has 25 heavy (non-hydrogen) atoms. The minimum atomic E-state index is -0.529. The van der Waals surface area contributed by atoms with Crippen LogP contribution in [-0.2, 0) is 24.4 Å². The van der Waals surface area contributed by atoms with Gasteiger partial charge in [-0.25, -0.2) is 13.8 Å². The van der Waals surface area contributed by atoms with Gasteiger partial charge in [-0.3, -0.25) is 4.90 Å². The number of piperidine rings is 1. The first-order valence-electron chi connectivity index (χ1n) is 8.73. The maximum atomic E-state index is 13.9. The fourth-order valence-corrected chi connectivity index (χ4v) is 3.60. The standard InChI is InChI=1S/C19H25F2N3O/c1-14-9-22-19(13-25-2)24(14)11-15-4-3-7-23(10-15)12-16-5-6-17(20)8-18(16)21/h5-6,8-9,15H,3-4,7,10-13H2,1-2H3. The lowest BCUT2D eigenvalue weighted by atomic mass is 9.97. The van der Waals surface area contributed by atoms with Crippen molar-refractivity contribution in [2.24, 2.45) is 5.92 Å². The number of rotatable bonds is 6. The summed E-state index contributed by atoms with van der Waals surface area (Å²) >= 11 is 0. The molecule has 1 aliphatic rings. The molecule has 3 rings (SSSR count). The van der Waals surface area contributed by atoms with Crippen LogP contribution < -0.4 is 0 Å². The van der Waals surface area contributed by atoms with E-state index in [1.54, 1.807) is 13.2 Å². The van der Waals surface area contributed by atoms with Gasteiger partial charge >= 0.3 is 0 Å². The average Bonchev–Trinajstić information content (AvgIpc) is 2.92. The average molecular weight is 349 g/mol. The topological polar surface area (TPSA) is 30.3 Å². The molecular formula is C19H25F2N3O. The maximum Gasteiger partial charge on any atom is 0.134 e. The third-order valence-electron chi connectivity index (χ3n) is 4.86. The van der Waals surface area contributed by atoms with Crippen molar-refractivity contribution in [3.8, 4) is 0 Å². The monoisotopic (exact) mass is 349 g/mol. The highest BCUT2D eigenvalue weighted by molar-refractivity contribution is 5.18. The largest absolute Gasteiger partial charge is 0.377 e. The minimum absolute atomic E-state index is 0.463. The van der Waals surface area contributed by atoms with E-state index >= 15 is 0 Å². The molecule has 136 valence electrons. The number of aromatic nitrogens is 2. The Hall–Kier alpha value is -1.79. The Morgan fingerprint density at radius 1 is 1.32 bits per heavy atom. The number of halogens is 2. The van der Waals surface area contributed by atoms with Crippen molar-refractivity contribution in [2.75, 3.05) is 20.2 Å². The zero-order valence-corrected chi connectivity index (χ0v) is 14.8. The van der Waals surface area contributed by atoms with Crippen molar-refractivity contribution in [1.29, 1.82) is 0 Å². The van der Waals surface area contributed by atoms with Gasteiger partial charge in [-0.15, -0.1) is 0 Å². The molecule has 0 spiro atoms. The first-order valence-corrected chi connectivity index (χ1v) is 8.73. The molecule has 0 N–H and O–H groups in total. The van der Waals surface area contributed by atoms with Crippen LogP contribution in [0.3, 0.4) is 0 Å². The van der Waals surface area contributed by atoms with Crippen molar-refractivity contribution in [3.63, 3.8) is 0 Å². The molecule has 0 radical (unpaired) electrons. The maximum absolute atomic E-state index is 13.9. The third kappa shape index (κ3) is 4.44. The Labute approximate surface area is 147 Å². The van der Waals surface area contributed by atoms with Gasteiger partial charge in [0.1, 0.15) is 24.1 Å². The number of benzene rings is 1. The Kier molecular flexibility index (Phi) is 5.81. The zero-order valence-electron chi connectivity index (χ0n) is 14.8.